The molecule has 2 aromatic rings. The van der Waals surface area contributed by atoms with Crippen molar-refractivity contribution in [1.82, 2.24) is 20.2 Å². The highest BCUT2D eigenvalue weighted by Gasteiger charge is 2.30. The standard InChI is InChI=1S/C16H22N4O3/c1-4-10(2)13-8-14(23-18-13)16(21)20-7-5-6-12(9-20)15-17-11(3)22-19-15/h8,10,12H,4-7,9H2,1-3H3/t10-,12-/m1/s1. The van der Waals surface area contributed by atoms with Crippen molar-refractivity contribution < 1.29 is 13.8 Å². The molecule has 0 N–H and O–H groups in total. The monoisotopic (exact) mass is 318 g/mol. The lowest BCUT2D eigenvalue weighted by atomic mass is 9.97. The van der Waals surface area contributed by atoms with Gasteiger partial charge in [-0.1, -0.05) is 24.2 Å². The van der Waals surface area contributed by atoms with E-state index in [1.807, 2.05) is 0 Å². The minimum absolute atomic E-state index is 0.113. The normalized spacial score (nSPS) is 19.8. The highest BCUT2D eigenvalue weighted by Crippen LogP contribution is 2.26. The zero-order chi connectivity index (χ0) is 16.4. The average molecular weight is 318 g/mol. The van der Waals surface area contributed by atoms with E-state index in [-0.39, 0.29) is 17.7 Å². The Bertz CT molecular complexity index is 678. The summed E-state index contributed by atoms with van der Waals surface area (Å²) in [6, 6.07) is 1.76. The van der Waals surface area contributed by atoms with E-state index in [1.54, 1.807) is 17.9 Å². The largest absolute Gasteiger partial charge is 0.351 e. The Labute approximate surface area is 135 Å². The lowest BCUT2D eigenvalue weighted by molar-refractivity contribution is 0.0661. The number of carbonyl (C=O) groups excluding carboxylic acids is 1. The van der Waals surface area contributed by atoms with Crippen LogP contribution in [0.3, 0.4) is 0 Å². The molecule has 1 fully saturated rings. The third-order valence-electron chi connectivity index (χ3n) is 4.47. The van der Waals surface area contributed by atoms with E-state index in [0.29, 0.717) is 30.6 Å². The quantitative estimate of drug-likeness (QED) is 0.861. The molecule has 0 bridgehead atoms. The van der Waals surface area contributed by atoms with Crippen LogP contribution in [0.4, 0.5) is 0 Å². The number of hydrogen-bond acceptors (Lipinski definition) is 6. The van der Waals surface area contributed by atoms with Crippen molar-refractivity contribution in [3.8, 4) is 0 Å². The van der Waals surface area contributed by atoms with Crippen molar-refractivity contribution in [1.29, 1.82) is 0 Å². The molecule has 3 rings (SSSR count). The van der Waals surface area contributed by atoms with Gasteiger partial charge >= 0.3 is 0 Å². The number of nitrogens with zero attached hydrogens (tertiary/aromatic N) is 4. The average Bonchev–Trinajstić information content (AvgIpc) is 3.23. The van der Waals surface area contributed by atoms with Gasteiger partial charge in [-0.05, 0) is 19.3 Å². The van der Waals surface area contributed by atoms with Gasteiger partial charge in [-0.2, -0.15) is 4.98 Å². The fraction of sp³-hybridized carbons (Fsp3) is 0.625. The van der Waals surface area contributed by atoms with Crippen LogP contribution in [0.1, 0.15) is 72.9 Å². The van der Waals surface area contributed by atoms with Gasteiger partial charge in [0.15, 0.2) is 5.82 Å². The maximum atomic E-state index is 12.6. The third-order valence-corrected chi connectivity index (χ3v) is 4.47. The Kier molecular flexibility index (Phi) is 4.45. The van der Waals surface area contributed by atoms with Crippen LogP contribution in [-0.2, 0) is 0 Å². The van der Waals surface area contributed by atoms with Gasteiger partial charge in [-0.15, -0.1) is 0 Å². The number of aryl methyl sites for hydroxylation is 1. The highest BCUT2D eigenvalue weighted by atomic mass is 16.5. The number of aromatic nitrogens is 3. The van der Waals surface area contributed by atoms with Crippen LogP contribution in [0.5, 0.6) is 0 Å². The molecule has 124 valence electrons. The lowest BCUT2D eigenvalue weighted by Gasteiger charge is -2.30. The van der Waals surface area contributed by atoms with Gasteiger partial charge in [0.1, 0.15) is 0 Å². The fourth-order valence-corrected chi connectivity index (χ4v) is 2.84. The molecule has 1 saturated heterocycles. The van der Waals surface area contributed by atoms with Crippen molar-refractivity contribution >= 4 is 5.91 Å². The molecule has 0 unspecified atom stereocenters. The number of rotatable bonds is 4. The molecule has 0 spiro atoms. The van der Waals surface area contributed by atoms with E-state index in [9.17, 15) is 4.79 Å². The van der Waals surface area contributed by atoms with Crippen LogP contribution in [0.2, 0.25) is 0 Å². The number of piperidine rings is 1. The number of amides is 1. The van der Waals surface area contributed by atoms with Crippen LogP contribution in [0.25, 0.3) is 0 Å². The Morgan fingerprint density at radius 3 is 2.96 bits per heavy atom. The molecule has 1 amide bonds. The molecule has 0 aromatic carbocycles. The molecule has 7 heteroatoms. The molecule has 1 aliphatic heterocycles. The topological polar surface area (TPSA) is 85.3 Å². The summed E-state index contributed by atoms with van der Waals surface area (Å²) in [5.74, 6) is 1.83. The van der Waals surface area contributed by atoms with Crippen molar-refractivity contribution in [2.75, 3.05) is 13.1 Å². The highest BCUT2D eigenvalue weighted by molar-refractivity contribution is 5.91. The maximum Gasteiger partial charge on any atom is 0.292 e. The Hall–Kier alpha value is -2.18. The molecular formula is C16H22N4O3. The first-order chi connectivity index (χ1) is 11.1. The number of carbonyl (C=O) groups is 1. The van der Waals surface area contributed by atoms with Gasteiger partial charge in [0, 0.05) is 37.9 Å². The Morgan fingerprint density at radius 2 is 2.26 bits per heavy atom. The fourth-order valence-electron chi connectivity index (χ4n) is 2.84. The first-order valence-electron chi connectivity index (χ1n) is 8.14. The molecule has 2 atom stereocenters. The van der Waals surface area contributed by atoms with Gasteiger partial charge in [0.25, 0.3) is 5.91 Å². The zero-order valence-electron chi connectivity index (χ0n) is 13.8. The molecule has 7 nitrogen and oxygen atoms in total. The minimum Gasteiger partial charge on any atom is -0.351 e. The predicted octanol–water partition coefficient (Wildman–Crippen LogP) is 2.90. The summed E-state index contributed by atoms with van der Waals surface area (Å²) in [4.78, 5) is 18.7. The zero-order valence-corrected chi connectivity index (χ0v) is 13.8. The molecule has 23 heavy (non-hydrogen) atoms. The minimum atomic E-state index is -0.114. The number of hydrogen-bond donors (Lipinski definition) is 0. The lowest BCUT2D eigenvalue weighted by Crippen LogP contribution is -2.39. The second-order valence-corrected chi connectivity index (χ2v) is 6.19. The van der Waals surface area contributed by atoms with Gasteiger partial charge in [0.05, 0.1) is 5.69 Å². The molecule has 0 radical (unpaired) electrons. The second-order valence-electron chi connectivity index (χ2n) is 6.19. The summed E-state index contributed by atoms with van der Waals surface area (Å²) in [6.45, 7) is 7.22. The summed E-state index contributed by atoms with van der Waals surface area (Å²) in [7, 11) is 0. The van der Waals surface area contributed by atoms with E-state index < -0.39 is 0 Å². The molecule has 0 saturated carbocycles. The van der Waals surface area contributed by atoms with E-state index >= 15 is 0 Å². The van der Waals surface area contributed by atoms with E-state index in [0.717, 1.165) is 25.0 Å². The number of likely N-dealkylation sites (tertiary alicyclic amines) is 1. The SMILES string of the molecule is CC[C@@H](C)c1cc(C(=O)N2CCC[C@@H](c3noc(C)n3)C2)on1. The van der Waals surface area contributed by atoms with Crippen molar-refractivity contribution in [3.63, 3.8) is 0 Å². The summed E-state index contributed by atoms with van der Waals surface area (Å²) < 4.78 is 10.3. The summed E-state index contributed by atoms with van der Waals surface area (Å²) in [6.07, 6.45) is 2.83. The Morgan fingerprint density at radius 1 is 1.43 bits per heavy atom. The summed E-state index contributed by atoms with van der Waals surface area (Å²) >= 11 is 0. The van der Waals surface area contributed by atoms with Gasteiger partial charge in [0.2, 0.25) is 11.7 Å². The van der Waals surface area contributed by atoms with Crippen molar-refractivity contribution in [2.24, 2.45) is 0 Å². The van der Waals surface area contributed by atoms with E-state index in [2.05, 4.69) is 29.1 Å². The molecule has 1 aliphatic rings. The van der Waals surface area contributed by atoms with Crippen molar-refractivity contribution in [2.45, 2.75) is 51.9 Å². The molecule has 2 aromatic heterocycles. The van der Waals surface area contributed by atoms with E-state index in [4.69, 9.17) is 9.05 Å². The van der Waals surface area contributed by atoms with Gasteiger partial charge in [-0.25, -0.2) is 0 Å². The second kappa shape index (κ2) is 6.52. The molecular weight excluding hydrogens is 296 g/mol. The van der Waals surface area contributed by atoms with Gasteiger partial charge < -0.3 is 13.9 Å². The first-order valence-corrected chi connectivity index (χ1v) is 8.14. The summed E-state index contributed by atoms with van der Waals surface area (Å²) in [5, 5.41) is 8.01. The van der Waals surface area contributed by atoms with Crippen LogP contribution < -0.4 is 0 Å². The Balaban J connectivity index is 1.70. The predicted molar refractivity (Wildman–Crippen MR) is 82.1 cm³/mol. The molecule has 0 aliphatic carbocycles. The van der Waals surface area contributed by atoms with Crippen molar-refractivity contribution in [3.05, 3.63) is 29.2 Å². The third kappa shape index (κ3) is 3.28. The van der Waals surface area contributed by atoms with Crippen LogP contribution in [0.15, 0.2) is 15.1 Å². The van der Waals surface area contributed by atoms with Crippen LogP contribution >= 0.6 is 0 Å². The van der Waals surface area contributed by atoms with Crippen LogP contribution in [0, 0.1) is 6.92 Å². The smallest absolute Gasteiger partial charge is 0.292 e. The van der Waals surface area contributed by atoms with E-state index in [1.165, 1.54) is 0 Å². The van der Waals surface area contributed by atoms with Gasteiger partial charge in [-0.3, -0.25) is 4.79 Å². The maximum absolute atomic E-state index is 12.6. The van der Waals surface area contributed by atoms with Crippen LogP contribution in [-0.4, -0.2) is 39.2 Å². The molecule has 3 heterocycles. The first kappa shape index (κ1) is 15.7. The summed E-state index contributed by atoms with van der Waals surface area (Å²) in [5.41, 5.74) is 0.832.